The summed E-state index contributed by atoms with van der Waals surface area (Å²) in [7, 11) is 0. The Morgan fingerprint density at radius 3 is 2.86 bits per heavy atom. The Balaban J connectivity index is 1.32. The van der Waals surface area contributed by atoms with Crippen LogP contribution in [0.2, 0.25) is 0 Å². The van der Waals surface area contributed by atoms with Gasteiger partial charge in [0.25, 0.3) is 0 Å². The fourth-order valence-electron chi connectivity index (χ4n) is 4.92. The topological polar surface area (TPSA) is 87.8 Å². The number of aliphatic hydroxyl groups is 1. The molecule has 1 aliphatic carbocycles. The molecule has 22 heavy (non-hydrogen) atoms. The summed E-state index contributed by atoms with van der Waals surface area (Å²) in [6.07, 6.45) is 4.18. The Morgan fingerprint density at radius 1 is 1.36 bits per heavy atom. The van der Waals surface area contributed by atoms with Gasteiger partial charge < -0.3 is 20.9 Å². The number of ether oxygens (including phenoxy) is 1. The van der Waals surface area contributed by atoms with Gasteiger partial charge in [0.05, 0.1) is 13.2 Å². The highest BCUT2D eigenvalue weighted by Crippen LogP contribution is 2.55. The second-order valence-corrected chi connectivity index (χ2v) is 7.99. The van der Waals surface area contributed by atoms with Crippen LogP contribution in [-0.4, -0.2) is 66.4 Å². The van der Waals surface area contributed by atoms with Gasteiger partial charge in [-0.1, -0.05) is 0 Å². The quantitative estimate of drug-likeness (QED) is 0.640. The number of piperidine rings is 1. The summed E-state index contributed by atoms with van der Waals surface area (Å²) in [4.78, 5) is 13.9. The van der Waals surface area contributed by atoms with Gasteiger partial charge in [0.2, 0.25) is 5.91 Å². The average Bonchev–Trinajstić information content (AvgIpc) is 2.93. The van der Waals surface area contributed by atoms with Crippen LogP contribution in [0, 0.1) is 17.8 Å². The van der Waals surface area contributed by atoms with E-state index >= 15 is 0 Å². The van der Waals surface area contributed by atoms with Crippen molar-refractivity contribution in [1.29, 1.82) is 0 Å². The highest BCUT2D eigenvalue weighted by atomic mass is 16.5. The summed E-state index contributed by atoms with van der Waals surface area (Å²) < 4.78 is 5.13. The van der Waals surface area contributed by atoms with Crippen molar-refractivity contribution in [3.8, 4) is 0 Å². The number of nitrogens with zero attached hydrogens (tertiary/aromatic N) is 1. The number of likely N-dealkylation sites (tertiary alicyclic amines) is 1. The van der Waals surface area contributed by atoms with E-state index in [0.29, 0.717) is 25.0 Å². The maximum atomic E-state index is 11.5. The number of nitrogens with two attached hydrogens (primary N) is 1. The van der Waals surface area contributed by atoms with Gasteiger partial charge in [0.1, 0.15) is 5.60 Å². The van der Waals surface area contributed by atoms with E-state index in [2.05, 4.69) is 10.2 Å². The fourth-order valence-corrected chi connectivity index (χ4v) is 4.92. The molecular formula is C16H27N3O3. The zero-order valence-electron chi connectivity index (χ0n) is 13.1. The van der Waals surface area contributed by atoms with Crippen molar-refractivity contribution in [1.82, 2.24) is 10.2 Å². The molecule has 0 radical (unpaired) electrons. The average molecular weight is 309 g/mol. The highest BCUT2D eigenvalue weighted by molar-refractivity contribution is 5.77. The van der Waals surface area contributed by atoms with Gasteiger partial charge >= 0.3 is 0 Å². The number of hydrogen-bond donors (Lipinski definition) is 3. The van der Waals surface area contributed by atoms with Gasteiger partial charge in [0, 0.05) is 24.5 Å². The van der Waals surface area contributed by atoms with E-state index in [0.717, 1.165) is 39.0 Å². The van der Waals surface area contributed by atoms with Crippen LogP contribution in [0.15, 0.2) is 0 Å². The van der Waals surface area contributed by atoms with Crippen LogP contribution in [0.25, 0.3) is 0 Å². The van der Waals surface area contributed by atoms with Gasteiger partial charge in [-0.15, -0.1) is 0 Å². The molecule has 4 fully saturated rings. The van der Waals surface area contributed by atoms with Crippen LogP contribution in [0.1, 0.15) is 25.7 Å². The van der Waals surface area contributed by atoms with Gasteiger partial charge in [-0.05, 0) is 50.6 Å². The lowest BCUT2D eigenvalue weighted by atomic mass is 9.86. The highest BCUT2D eigenvalue weighted by Gasteiger charge is 2.60. The molecule has 1 spiro atoms. The molecule has 3 unspecified atom stereocenters. The smallest absolute Gasteiger partial charge is 0.220 e. The normalized spacial score (nSPS) is 44.0. The minimum Gasteiger partial charge on any atom is -0.384 e. The number of rotatable bonds is 4. The minimum atomic E-state index is -0.615. The molecule has 0 aromatic carbocycles. The molecule has 1 amide bonds. The van der Waals surface area contributed by atoms with Crippen molar-refractivity contribution in [2.75, 3.05) is 39.4 Å². The van der Waals surface area contributed by atoms with Crippen LogP contribution >= 0.6 is 0 Å². The summed E-state index contributed by atoms with van der Waals surface area (Å²) >= 11 is 0. The number of nitrogens with one attached hydrogen (secondary N) is 1. The first-order valence-corrected chi connectivity index (χ1v) is 8.57. The second kappa shape index (κ2) is 5.16. The van der Waals surface area contributed by atoms with Crippen molar-refractivity contribution in [2.24, 2.45) is 23.5 Å². The molecule has 4 aliphatic rings. The number of amides is 1. The van der Waals surface area contributed by atoms with Crippen LogP contribution < -0.4 is 11.1 Å². The largest absolute Gasteiger partial charge is 0.384 e. The molecule has 1 saturated carbocycles. The SMILES string of the molecule is NC(=O)C1CCNC2(C1)CC2[C@H]1CCN(CC2(O)COC2)C1. The number of carbonyl (C=O) groups is 1. The first-order chi connectivity index (χ1) is 10.5. The lowest BCUT2D eigenvalue weighted by Gasteiger charge is -2.39. The summed E-state index contributed by atoms with van der Waals surface area (Å²) in [5, 5.41) is 13.9. The Kier molecular flexibility index (Phi) is 3.49. The minimum absolute atomic E-state index is 0.0524. The summed E-state index contributed by atoms with van der Waals surface area (Å²) in [5.74, 6) is 1.28. The Labute approximate surface area is 131 Å². The lowest BCUT2D eigenvalue weighted by molar-refractivity contribution is -0.186. The number of β-amino-alcohol motifs (C(OH)–C–C–N with tert-alkyl or cyclic N) is 1. The van der Waals surface area contributed by atoms with Crippen LogP contribution in [0.5, 0.6) is 0 Å². The van der Waals surface area contributed by atoms with Gasteiger partial charge in [-0.3, -0.25) is 9.69 Å². The molecule has 6 heteroatoms. The van der Waals surface area contributed by atoms with E-state index in [4.69, 9.17) is 10.5 Å². The van der Waals surface area contributed by atoms with Gasteiger partial charge in [0.15, 0.2) is 0 Å². The first kappa shape index (κ1) is 14.9. The fraction of sp³-hybridized carbons (Fsp3) is 0.938. The maximum Gasteiger partial charge on any atom is 0.220 e. The molecule has 0 aromatic rings. The van der Waals surface area contributed by atoms with Crippen molar-refractivity contribution in [3.63, 3.8) is 0 Å². The molecule has 4 rings (SSSR count). The number of carbonyl (C=O) groups excluding carboxylic acids is 1. The van der Waals surface area contributed by atoms with Crippen molar-refractivity contribution in [2.45, 2.75) is 36.8 Å². The summed E-state index contributed by atoms with van der Waals surface area (Å²) in [6.45, 7) is 4.74. The predicted molar refractivity (Wildman–Crippen MR) is 81.1 cm³/mol. The Hall–Kier alpha value is -0.690. The van der Waals surface area contributed by atoms with Gasteiger partial charge in [-0.25, -0.2) is 0 Å². The van der Waals surface area contributed by atoms with Gasteiger partial charge in [-0.2, -0.15) is 0 Å². The molecule has 3 heterocycles. The Bertz CT molecular complexity index is 468. The van der Waals surface area contributed by atoms with Crippen molar-refractivity contribution in [3.05, 3.63) is 0 Å². The number of hydrogen-bond acceptors (Lipinski definition) is 5. The second-order valence-electron chi connectivity index (χ2n) is 7.99. The molecule has 6 nitrogen and oxygen atoms in total. The molecule has 4 N–H and O–H groups in total. The lowest BCUT2D eigenvalue weighted by Crippen LogP contribution is -2.56. The summed E-state index contributed by atoms with van der Waals surface area (Å²) in [5.41, 5.74) is 5.07. The van der Waals surface area contributed by atoms with E-state index in [1.54, 1.807) is 0 Å². The van der Waals surface area contributed by atoms with Crippen LogP contribution in [0.4, 0.5) is 0 Å². The molecule has 124 valence electrons. The molecule has 3 saturated heterocycles. The van der Waals surface area contributed by atoms with E-state index < -0.39 is 5.60 Å². The third-order valence-electron chi connectivity index (χ3n) is 6.25. The molecule has 3 aliphatic heterocycles. The first-order valence-electron chi connectivity index (χ1n) is 8.57. The van der Waals surface area contributed by atoms with Crippen LogP contribution in [0.3, 0.4) is 0 Å². The van der Waals surface area contributed by atoms with Crippen LogP contribution in [-0.2, 0) is 9.53 Å². The van der Waals surface area contributed by atoms with E-state index in [-0.39, 0.29) is 17.4 Å². The molecule has 4 atom stereocenters. The summed E-state index contributed by atoms with van der Waals surface area (Å²) in [6, 6.07) is 0. The zero-order chi connectivity index (χ0) is 15.4. The zero-order valence-corrected chi connectivity index (χ0v) is 13.1. The van der Waals surface area contributed by atoms with E-state index in [1.165, 1.54) is 12.8 Å². The molecule has 0 bridgehead atoms. The third kappa shape index (κ3) is 2.56. The molecule has 0 aromatic heterocycles. The Morgan fingerprint density at radius 2 is 2.18 bits per heavy atom. The van der Waals surface area contributed by atoms with Crippen molar-refractivity contribution < 1.29 is 14.6 Å². The maximum absolute atomic E-state index is 11.5. The number of primary amides is 1. The predicted octanol–water partition coefficient (Wildman–Crippen LogP) is -0.687. The molecular weight excluding hydrogens is 282 g/mol. The third-order valence-corrected chi connectivity index (χ3v) is 6.25. The van der Waals surface area contributed by atoms with E-state index in [9.17, 15) is 9.90 Å². The standard InChI is InChI=1S/C16H27N3O3/c17-14(20)11-1-3-18-16(5-11)6-13(16)12-2-4-19(7-12)8-15(21)9-22-10-15/h11-13,18,21H,1-10H2,(H2,17,20)/t11?,12-,13?,16?/m0/s1. The van der Waals surface area contributed by atoms with Crippen molar-refractivity contribution >= 4 is 5.91 Å². The van der Waals surface area contributed by atoms with E-state index in [1.807, 2.05) is 0 Å². The monoisotopic (exact) mass is 309 g/mol.